The first-order chi connectivity index (χ1) is 13.9. The number of aliphatic hydroxyl groups excluding tert-OH is 1. The van der Waals surface area contributed by atoms with Gasteiger partial charge < -0.3 is 30.6 Å². The van der Waals surface area contributed by atoms with Gasteiger partial charge in [-0.1, -0.05) is 48.5 Å². The molecule has 1 aromatic heterocycles. The van der Waals surface area contributed by atoms with Crippen LogP contribution in [-0.4, -0.2) is 40.3 Å². The number of carboxylic acid groups (broad SMARTS) is 1. The Morgan fingerprint density at radius 3 is 2.52 bits per heavy atom. The molecule has 0 aliphatic carbocycles. The van der Waals surface area contributed by atoms with Crippen molar-refractivity contribution >= 4 is 22.9 Å². The average molecular weight is 394 g/mol. The Morgan fingerprint density at radius 1 is 1.14 bits per heavy atom. The maximum atomic E-state index is 13.0. The summed E-state index contributed by atoms with van der Waals surface area (Å²) in [5.74, 6) is -0.526. The van der Waals surface area contributed by atoms with Crippen molar-refractivity contribution in [3.63, 3.8) is 0 Å². The molecule has 0 aliphatic heterocycles. The second-order valence-corrected chi connectivity index (χ2v) is 7.32. The quantitative estimate of drug-likeness (QED) is 0.458. The number of para-hydroxylation sites is 1. The molecular formula is C22H24N3O4-. The minimum absolute atomic E-state index is 0.125. The molecule has 4 N–H and O–H groups in total. The molecule has 0 fully saturated rings. The summed E-state index contributed by atoms with van der Waals surface area (Å²) in [5.41, 5.74) is 1.19. The summed E-state index contributed by atoms with van der Waals surface area (Å²) in [5, 5.41) is 26.9. The van der Waals surface area contributed by atoms with E-state index in [1.165, 1.54) is 6.92 Å². The molecular weight excluding hydrogens is 370 g/mol. The summed E-state index contributed by atoms with van der Waals surface area (Å²) in [6, 6.07) is 16.5. The Balaban J connectivity index is 1.80. The minimum atomic E-state index is -1.54. The van der Waals surface area contributed by atoms with Crippen LogP contribution in [0.4, 0.5) is 4.79 Å². The minimum Gasteiger partial charge on any atom is -0.530 e. The van der Waals surface area contributed by atoms with Gasteiger partial charge in [0.25, 0.3) is 0 Å². The van der Waals surface area contributed by atoms with E-state index in [1.807, 2.05) is 54.6 Å². The van der Waals surface area contributed by atoms with E-state index in [9.17, 15) is 19.8 Å². The van der Waals surface area contributed by atoms with E-state index in [-0.39, 0.29) is 13.0 Å². The maximum absolute atomic E-state index is 13.0. The molecule has 152 valence electrons. The van der Waals surface area contributed by atoms with Gasteiger partial charge in [0.15, 0.2) is 0 Å². The first-order valence-electron chi connectivity index (χ1n) is 9.41. The number of aromatic nitrogens is 1. The number of benzene rings is 2. The number of carbonyl (C=O) groups is 2. The Hall–Kier alpha value is -3.32. The lowest BCUT2D eigenvalue weighted by atomic mass is 9.91. The largest absolute Gasteiger partial charge is 0.530 e. The van der Waals surface area contributed by atoms with E-state index in [4.69, 9.17) is 0 Å². The molecule has 0 saturated carbocycles. The Bertz CT molecular complexity index is 986. The van der Waals surface area contributed by atoms with Crippen molar-refractivity contribution in [1.29, 1.82) is 0 Å². The summed E-state index contributed by atoms with van der Waals surface area (Å²) in [6.07, 6.45) is 0.782. The average Bonchev–Trinajstić information content (AvgIpc) is 3.10. The van der Waals surface area contributed by atoms with Crippen LogP contribution in [0.1, 0.15) is 18.1 Å². The van der Waals surface area contributed by atoms with Gasteiger partial charge in [0.05, 0.1) is 12.6 Å². The van der Waals surface area contributed by atoms with Crippen molar-refractivity contribution < 1.29 is 19.8 Å². The number of hydrogen-bond donors (Lipinski definition) is 4. The van der Waals surface area contributed by atoms with Gasteiger partial charge in [0.2, 0.25) is 5.91 Å². The molecule has 2 atom stereocenters. The summed E-state index contributed by atoms with van der Waals surface area (Å²) < 4.78 is 0. The Kier molecular flexibility index (Phi) is 6.19. The van der Waals surface area contributed by atoms with Gasteiger partial charge in [0.1, 0.15) is 11.6 Å². The second kappa shape index (κ2) is 8.79. The van der Waals surface area contributed by atoms with E-state index >= 15 is 0 Å². The highest BCUT2D eigenvalue weighted by molar-refractivity contribution is 5.91. The van der Waals surface area contributed by atoms with Crippen LogP contribution in [0.15, 0.2) is 60.8 Å². The van der Waals surface area contributed by atoms with Gasteiger partial charge in [-0.05, 0) is 30.5 Å². The van der Waals surface area contributed by atoms with E-state index in [0.29, 0.717) is 6.42 Å². The van der Waals surface area contributed by atoms with Crippen LogP contribution in [0.5, 0.6) is 0 Å². The molecule has 7 nitrogen and oxygen atoms in total. The molecule has 3 aromatic rings. The molecule has 2 unspecified atom stereocenters. The Labute approximate surface area is 168 Å². The molecule has 7 heteroatoms. The topological polar surface area (TPSA) is 117 Å². The first-order valence-corrected chi connectivity index (χ1v) is 9.41. The zero-order chi connectivity index (χ0) is 20.9. The zero-order valence-electron chi connectivity index (χ0n) is 16.1. The first kappa shape index (κ1) is 20.4. The SMILES string of the molecule is CC(Cc1c[nH]c2ccccc12)(NC(=O)[O-])C(=O)NC(CO)Cc1ccccc1. The van der Waals surface area contributed by atoms with Crippen LogP contribution in [0.3, 0.4) is 0 Å². The predicted molar refractivity (Wildman–Crippen MR) is 108 cm³/mol. The van der Waals surface area contributed by atoms with Gasteiger partial charge in [-0.2, -0.15) is 0 Å². The lowest BCUT2D eigenvalue weighted by Crippen LogP contribution is -2.62. The smallest absolute Gasteiger partial charge is 0.246 e. The molecule has 3 rings (SSSR count). The van der Waals surface area contributed by atoms with Crippen LogP contribution < -0.4 is 15.7 Å². The second-order valence-electron chi connectivity index (χ2n) is 7.32. The third kappa shape index (κ3) is 4.94. The zero-order valence-corrected chi connectivity index (χ0v) is 16.1. The van der Waals surface area contributed by atoms with Crippen molar-refractivity contribution in [2.75, 3.05) is 6.61 Å². The van der Waals surface area contributed by atoms with Gasteiger partial charge in [0, 0.05) is 23.5 Å². The fourth-order valence-corrected chi connectivity index (χ4v) is 3.47. The summed E-state index contributed by atoms with van der Waals surface area (Å²) in [4.78, 5) is 27.5. The van der Waals surface area contributed by atoms with Crippen molar-refractivity contribution in [2.45, 2.75) is 31.3 Å². The molecule has 0 aliphatic rings. The molecule has 0 bridgehead atoms. The number of H-pyrrole nitrogens is 1. The van der Waals surface area contributed by atoms with Gasteiger partial charge in [-0.25, -0.2) is 0 Å². The number of hydrogen-bond acceptors (Lipinski definition) is 4. The number of nitrogens with one attached hydrogen (secondary N) is 3. The third-order valence-corrected chi connectivity index (χ3v) is 4.98. The predicted octanol–water partition coefficient (Wildman–Crippen LogP) is 1.12. The highest BCUT2D eigenvalue weighted by Crippen LogP contribution is 2.23. The monoisotopic (exact) mass is 394 g/mol. The number of aromatic amines is 1. The van der Waals surface area contributed by atoms with Gasteiger partial charge in [-0.15, -0.1) is 0 Å². The number of fused-ring (bicyclic) bond motifs is 1. The van der Waals surface area contributed by atoms with E-state index in [2.05, 4.69) is 15.6 Å². The highest BCUT2D eigenvalue weighted by atomic mass is 16.4. The summed E-state index contributed by atoms with van der Waals surface area (Å²) in [7, 11) is 0. The Morgan fingerprint density at radius 2 is 1.83 bits per heavy atom. The van der Waals surface area contributed by atoms with Crippen LogP contribution in [-0.2, 0) is 17.6 Å². The molecule has 2 aromatic carbocycles. The van der Waals surface area contributed by atoms with Gasteiger partial charge in [-0.3, -0.25) is 4.79 Å². The normalized spacial score (nSPS) is 14.1. The van der Waals surface area contributed by atoms with Crippen LogP contribution in [0.2, 0.25) is 0 Å². The van der Waals surface area contributed by atoms with Crippen LogP contribution in [0.25, 0.3) is 10.9 Å². The number of aliphatic hydroxyl groups is 1. The molecule has 1 heterocycles. The fraction of sp³-hybridized carbons (Fsp3) is 0.273. The lowest BCUT2D eigenvalue weighted by Gasteiger charge is -2.32. The van der Waals surface area contributed by atoms with Crippen molar-refractivity contribution in [3.8, 4) is 0 Å². The molecule has 0 radical (unpaired) electrons. The molecule has 2 amide bonds. The summed E-state index contributed by atoms with van der Waals surface area (Å²) >= 11 is 0. The third-order valence-electron chi connectivity index (χ3n) is 4.98. The van der Waals surface area contributed by atoms with Crippen LogP contribution in [0, 0.1) is 0 Å². The van der Waals surface area contributed by atoms with E-state index in [1.54, 1.807) is 6.20 Å². The molecule has 29 heavy (non-hydrogen) atoms. The number of rotatable bonds is 8. The molecule has 0 spiro atoms. The highest BCUT2D eigenvalue weighted by Gasteiger charge is 2.35. The van der Waals surface area contributed by atoms with Crippen molar-refractivity contribution in [3.05, 3.63) is 71.9 Å². The number of carbonyl (C=O) groups excluding carboxylic acids is 2. The number of amides is 2. The van der Waals surface area contributed by atoms with E-state index in [0.717, 1.165) is 22.0 Å². The van der Waals surface area contributed by atoms with Crippen molar-refractivity contribution in [2.24, 2.45) is 0 Å². The lowest BCUT2D eigenvalue weighted by molar-refractivity contribution is -0.252. The van der Waals surface area contributed by atoms with Crippen LogP contribution >= 0.6 is 0 Å². The standard InChI is InChI=1S/C22H25N3O4/c1-22(25-21(28)29,12-16-13-23-19-10-6-5-9-18(16)19)20(27)24-17(14-26)11-15-7-3-2-4-8-15/h2-10,13,17,23,25-26H,11-12,14H2,1H3,(H,24,27)(H,28,29)/p-1. The fourth-order valence-electron chi connectivity index (χ4n) is 3.47. The van der Waals surface area contributed by atoms with Crippen molar-refractivity contribution in [1.82, 2.24) is 15.6 Å². The van der Waals surface area contributed by atoms with Gasteiger partial charge >= 0.3 is 0 Å². The summed E-state index contributed by atoms with van der Waals surface area (Å²) in [6.45, 7) is 1.24. The molecule has 0 saturated heterocycles. The maximum Gasteiger partial charge on any atom is 0.246 e. The van der Waals surface area contributed by atoms with E-state index < -0.39 is 23.6 Å².